The summed E-state index contributed by atoms with van der Waals surface area (Å²) in [6.45, 7) is 0.804. The Morgan fingerprint density at radius 1 is 1.29 bits per heavy atom. The number of hydrogen-bond donors (Lipinski definition) is 1. The Morgan fingerprint density at radius 2 is 2.03 bits per heavy atom. The van der Waals surface area contributed by atoms with Crippen molar-refractivity contribution in [2.45, 2.75) is 44.8 Å². The highest BCUT2D eigenvalue weighted by atomic mass is 35.5. The van der Waals surface area contributed by atoms with Crippen molar-refractivity contribution >= 4 is 27.5 Å². The Hall–Kier alpha value is -2.31. The minimum absolute atomic E-state index is 0.0516. The molecule has 1 heterocycles. The fourth-order valence-corrected chi connectivity index (χ4v) is 4.54. The summed E-state index contributed by atoms with van der Waals surface area (Å²) in [6, 6.07) is 4.71. The van der Waals surface area contributed by atoms with Crippen LogP contribution in [-0.4, -0.2) is 50.2 Å². The van der Waals surface area contributed by atoms with E-state index in [0.717, 1.165) is 25.0 Å². The minimum Gasteiger partial charge on any atom is -0.476 e. The van der Waals surface area contributed by atoms with Crippen molar-refractivity contribution in [2.75, 3.05) is 26.1 Å². The summed E-state index contributed by atoms with van der Waals surface area (Å²) in [5, 5.41) is 4.30. The van der Waals surface area contributed by atoms with Crippen LogP contribution in [0.2, 0.25) is 5.02 Å². The van der Waals surface area contributed by atoms with E-state index in [2.05, 4.69) is 5.10 Å². The maximum atomic E-state index is 12.9. The first-order valence-electron chi connectivity index (χ1n) is 11.0. The molecule has 0 saturated heterocycles. The zero-order valence-electron chi connectivity index (χ0n) is 19.1. The molecule has 1 amide bonds. The van der Waals surface area contributed by atoms with Crippen LogP contribution in [0.1, 0.15) is 42.5 Å². The average molecular weight is 538 g/mol. The number of nitrogens with one attached hydrogen (secondary N) is 1. The zero-order valence-corrected chi connectivity index (χ0v) is 20.7. The molecular weight excluding hydrogens is 511 g/mol. The van der Waals surface area contributed by atoms with E-state index >= 15 is 0 Å². The maximum absolute atomic E-state index is 12.9. The summed E-state index contributed by atoms with van der Waals surface area (Å²) in [7, 11) is -2.33. The van der Waals surface area contributed by atoms with Gasteiger partial charge in [0.2, 0.25) is 21.8 Å². The molecule has 0 bridgehead atoms. The maximum Gasteiger partial charge on any atom is 0.416 e. The molecule has 1 N–H and O–H groups in total. The third kappa shape index (κ3) is 8.69. The van der Waals surface area contributed by atoms with Gasteiger partial charge in [0.1, 0.15) is 0 Å². The highest BCUT2D eigenvalue weighted by molar-refractivity contribution is 7.90. The Kier molecular flexibility index (Phi) is 9.05. The summed E-state index contributed by atoms with van der Waals surface area (Å²) in [5.74, 6) is -0.122. The Morgan fingerprint density at radius 3 is 2.66 bits per heavy atom. The predicted molar refractivity (Wildman–Crippen MR) is 123 cm³/mol. The number of alkyl halides is 3. The molecule has 0 radical (unpaired) electrons. The molecule has 1 saturated carbocycles. The number of carbonyl (C=O) groups is 1. The number of rotatable bonds is 13. The Labute approximate surface area is 206 Å². The second-order valence-electron chi connectivity index (χ2n) is 8.38. The fraction of sp³-hybridized carbons (Fsp3) is 0.545. The first-order chi connectivity index (χ1) is 16.5. The lowest BCUT2D eigenvalue weighted by Crippen LogP contribution is -2.33. The first-order valence-corrected chi connectivity index (χ1v) is 13.1. The van der Waals surface area contributed by atoms with Crippen molar-refractivity contribution in [3.63, 3.8) is 0 Å². The van der Waals surface area contributed by atoms with E-state index in [0.29, 0.717) is 29.7 Å². The van der Waals surface area contributed by atoms with Crippen LogP contribution in [0.3, 0.4) is 0 Å². The van der Waals surface area contributed by atoms with Crippen LogP contribution < -0.4 is 9.46 Å². The molecule has 1 aliphatic carbocycles. The number of aromatic nitrogens is 2. The summed E-state index contributed by atoms with van der Waals surface area (Å²) in [5.41, 5.74) is 0.102. The number of amides is 1. The van der Waals surface area contributed by atoms with Crippen molar-refractivity contribution in [1.29, 1.82) is 0 Å². The SMILES string of the molecule is COCCCS(=O)(=O)NC(=O)CCc1cc(OCC2CC2)nn1Cc1ccc(C(F)(F)F)cc1Cl. The van der Waals surface area contributed by atoms with Crippen LogP contribution in [0, 0.1) is 5.92 Å². The molecule has 194 valence electrons. The van der Waals surface area contributed by atoms with Crippen molar-refractivity contribution in [2.24, 2.45) is 5.92 Å². The number of nitrogens with zero attached hydrogens (tertiary/aromatic N) is 2. The molecule has 8 nitrogen and oxygen atoms in total. The Balaban J connectivity index is 1.70. The molecule has 0 aliphatic heterocycles. The summed E-state index contributed by atoms with van der Waals surface area (Å²) >= 11 is 6.10. The van der Waals surface area contributed by atoms with Gasteiger partial charge in [-0.3, -0.25) is 14.2 Å². The Bertz CT molecular complexity index is 1130. The number of benzene rings is 1. The number of halogens is 4. The van der Waals surface area contributed by atoms with Gasteiger partial charge < -0.3 is 9.47 Å². The molecule has 35 heavy (non-hydrogen) atoms. The van der Waals surface area contributed by atoms with Crippen LogP contribution in [0.5, 0.6) is 5.88 Å². The van der Waals surface area contributed by atoms with Gasteiger partial charge in [0.15, 0.2) is 0 Å². The number of methoxy groups -OCH3 is 1. The van der Waals surface area contributed by atoms with Gasteiger partial charge in [-0.15, -0.1) is 5.10 Å². The van der Waals surface area contributed by atoms with Gasteiger partial charge in [-0.25, -0.2) is 8.42 Å². The predicted octanol–water partition coefficient (Wildman–Crippen LogP) is 3.81. The van der Waals surface area contributed by atoms with Gasteiger partial charge >= 0.3 is 6.18 Å². The summed E-state index contributed by atoms with van der Waals surface area (Å²) in [6.07, 6.45) is -2.11. The number of ether oxygens (including phenoxy) is 2. The van der Waals surface area contributed by atoms with Gasteiger partial charge in [-0.05, 0) is 49.3 Å². The normalized spacial score (nSPS) is 14.2. The molecule has 0 unspecified atom stereocenters. The molecule has 0 atom stereocenters. The molecule has 1 aliphatic rings. The largest absolute Gasteiger partial charge is 0.476 e. The molecule has 1 fully saturated rings. The van der Waals surface area contributed by atoms with Gasteiger partial charge in [0.25, 0.3) is 0 Å². The standard InChI is InChI=1S/C22H27ClF3N3O5S/c1-33-9-2-10-35(31,32)28-20(30)8-7-18-12-21(34-14-15-3-4-15)27-29(18)13-16-5-6-17(11-19(16)23)22(24,25)26/h5-6,11-12,15H,2-4,7-10,13-14H2,1H3,(H,28,30). The number of hydrogen-bond acceptors (Lipinski definition) is 6. The molecule has 1 aromatic heterocycles. The smallest absolute Gasteiger partial charge is 0.416 e. The lowest BCUT2D eigenvalue weighted by atomic mass is 10.1. The van der Waals surface area contributed by atoms with E-state index in [9.17, 15) is 26.4 Å². The fourth-order valence-electron chi connectivity index (χ4n) is 3.25. The van der Waals surface area contributed by atoms with Crippen LogP contribution in [-0.2, 0) is 38.7 Å². The van der Waals surface area contributed by atoms with Crippen molar-refractivity contribution in [1.82, 2.24) is 14.5 Å². The molecule has 1 aromatic carbocycles. The van der Waals surface area contributed by atoms with E-state index in [1.165, 1.54) is 17.9 Å². The van der Waals surface area contributed by atoms with Gasteiger partial charge in [-0.1, -0.05) is 17.7 Å². The zero-order chi connectivity index (χ0) is 25.6. The van der Waals surface area contributed by atoms with E-state index in [1.54, 1.807) is 6.07 Å². The lowest BCUT2D eigenvalue weighted by Gasteiger charge is -2.12. The van der Waals surface area contributed by atoms with Crippen molar-refractivity contribution in [3.8, 4) is 5.88 Å². The molecule has 0 spiro atoms. The number of aryl methyl sites for hydroxylation is 1. The summed E-state index contributed by atoms with van der Waals surface area (Å²) < 4.78 is 76.9. The number of sulfonamides is 1. The van der Waals surface area contributed by atoms with E-state index in [-0.39, 0.29) is 43.2 Å². The summed E-state index contributed by atoms with van der Waals surface area (Å²) in [4.78, 5) is 12.2. The lowest BCUT2D eigenvalue weighted by molar-refractivity contribution is -0.137. The minimum atomic E-state index is -4.51. The van der Waals surface area contributed by atoms with Crippen LogP contribution >= 0.6 is 11.6 Å². The van der Waals surface area contributed by atoms with Crippen LogP contribution in [0.4, 0.5) is 13.2 Å². The van der Waals surface area contributed by atoms with Crippen molar-refractivity contribution in [3.05, 3.63) is 46.1 Å². The molecule has 2 aromatic rings. The average Bonchev–Trinajstić information content (AvgIpc) is 3.51. The highest BCUT2D eigenvalue weighted by Gasteiger charge is 2.31. The third-order valence-electron chi connectivity index (χ3n) is 5.34. The van der Waals surface area contributed by atoms with E-state index in [4.69, 9.17) is 21.1 Å². The molecule has 3 rings (SSSR count). The van der Waals surface area contributed by atoms with Crippen LogP contribution in [0.25, 0.3) is 0 Å². The molecule has 13 heteroatoms. The molecular formula is C22H27ClF3N3O5S. The van der Waals surface area contributed by atoms with E-state index in [1.807, 2.05) is 4.72 Å². The number of carbonyl (C=O) groups excluding carboxylic acids is 1. The first kappa shape index (κ1) is 27.3. The topological polar surface area (TPSA) is 99.5 Å². The van der Waals surface area contributed by atoms with Crippen LogP contribution in [0.15, 0.2) is 24.3 Å². The van der Waals surface area contributed by atoms with Gasteiger partial charge in [0, 0.05) is 36.9 Å². The van der Waals surface area contributed by atoms with Gasteiger partial charge in [0.05, 0.1) is 24.5 Å². The third-order valence-corrected chi connectivity index (χ3v) is 7.06. The highest BCUT2D eigenvalue weighted by Crippen LogP contribution is 2.33. The van der Waals surface area contributed by atoms with Crippen molar-refractivity contribution < 1.29 is 35.9 Å². The van der Waals surface area contributed by atoms with E-state index < -0.39 is 27.7 Å². The second kappa shape index (κ2) is 11.6. The monoisotopic (exact) mass is 537 g/mol. The quantitative estimate of drug-likeness (QED) is 0.390. The van der Waals surface area contributed by atoms with Gasteiger partial charge in [-0.2, -0.15) is 13.2 Å². The second-order valence-corrected chi connectivity index (χ2v) is 10.6.